The summed E-state index contributed by atoms with van der Waals surface area (Å²) in [5.41, 5.74) is 4.23. The molecule has 0 spiro atoms. The van der Waals surface area contributed by atoms with Crippen molar-refractivity contribution in [2.24, 2.45) is 0 Å². The van der Waals surface area contributed by atoms with E-state index >= 15 is 0 Å². The molecule has 4 nitrogen and oxygen atoms in total. The number of carboxylic acids is 2. The van der Waals surface area contributed by atoms with E-state index < -0.39 is 11.9 Å². The van der Waals surface area contributed by atoms with E-state index in [1.807, 2.05) is 60.7 Å². The molecule has 0 heterocycles. The van der Waals surface area contributed by atoms with Gasteiger partial charge in [0.1, 0.15) is 0 Å². The van der Waals surface area contributed by atoms with E-state index in [0.29, 0.717) is 22.3 Å². The Morgan fingerprint density at radius 2 is 0.688 bits per heavy atom. The normalized spacial score (nSPS) is 11.5. The monoisotopic (exact) mass is 420 g/mol. The van der Waals surface area contributed by atoms with E-state index in [9.17, 15) is 19.8 Å². The molecule has 0 atom stereocenters. The van der Waals surface area contributed by atoms with Crippen LogP contribution in [0.3, 0.4) is 0 Å². The van der Waals surface area contributed by atoms with Gasteiger partial charge in [0.05, 0.1) is 11.1 Å². The minimum absolute atomic E-state index is 0.146. The quantitative estimate of drug-likeness (QED) is 0.370. The standard InChI is InChI=1S/C28H20O4/c29-27(30)23-17-9-7-15-21(23)25(19-11-3-1-4-12-19)26(20-13-5-2-6-14-20)22-16-8-10-18-24(22)28(31)32/h1-18H,(H,29,30)(H,31,32). The molecule has 4 rings (SSSR count). The minimum Gasteiger partial charge on any atom is -0.478 e. The molecule has 4 aromatic rings. The predicted octanol–water partition coefficient (Wildman–Crippen LogP) is 6.09. The van der Waals surface area contributed by atoms with Crippen LogP contribution in [0.25, 0.3) is 11.1 Å². The van der Waals surface area contributed by atoms with E-state index in [4.69, 9.17) is 0 Å². The first-order valence-corrected chi connectivity index (χ1v) is 10.1. The summed E-state index contributed by atoms with van der Waals surface area (Å²) in [5.74, 6) is -2.10. The molecule has 0 bridgehead atoms. The third kappa shape index (κ3) is 4.07. The van der Waals surface area contributed by atoms with Gasteiger partial charge in [-0.25, -0.2) is 9.59 Å². The van der Waals surface area contributed by atoms with E-state index in [-0.39, 0.29) is 11.1 Å². The maximum Gasteiger partial charge on any atom is 0.336 e. The molecule has 4 heteroatoms. The van der Waals surface area contributed by atoms with Gasteiger partial charge in [0.25, 0.3) is 0 Å². The zero-order valence-electron chi connectivity index (χ0n) is 17.1. The molecule has 0 aliphatic heterocycles. The first-order chi connectivity index (χ1) is 15.6. The van der Waals surface area contributed by atoms with E-state index in [2.05, 4.69) is 0 Å². The van der Waals surface area contributed by atoms with Crippen molar-refractivity contribution in [3.63, 3.8) is 0 Å². The van der Waals surface area contributed by atoms with Gasteiger partial charge in [-0.15, -0.1) is 0 Å². The molecule has 0 amide bonds. The highest BCUT2D eigenvalue weighted by Crippen LogP contribution is 2.39. The third-order valence-electron chi connectivity index (χ3n) is 5.23. The average molecular weight is 420 g/mol. The fraction of sp³-hybridized carbons (Fsp3) is 0. The largest absolute Gasteiger partial charge is 0.478 e. The Morgan fingerprint density at radius 3 is 1.00 bits per heavy atom. The van der Waals surface area contributed by atoms with Gasteiger partial charge >= 0.3 is 11.9 Å². The SMILES string of the molecule is O=C(O)c1ccccc1C(=C(c1ccccc1)c1ccccc1C(=O)O)c1ccccc1. The Kier molecular flexibility index (Phi) is 5.95. The summed E-state index contributed by atoms with van der Waals surface area (Å²) in [4.78, 5) is 24.2. The van der Waals surface area contributed by atoms with Crippen LogP contribution in [-0.2, 0) is 0 Å². The second-order valence-corrected chi connectivity index (χ2v) is 7.18. The summed E-state index contributed by atoms with van der Waals surface area (Å²) in [7, 11) is 0. The zero-order valence-corrected chi connectivity index (χ0v) is 17.1. The molecule has 4 aromatic carbocycles. The van der Waals surface area contributed by atoms with Crippen LogP contribution in [0.15, 0.2) is 109 Å². The Balaban J connectivity index is 2.22. The topological polar surface area (TPSA) is 74.6 Å². The maximum absolute atomic E-state index is 12.1. The van der Waals surface area contributed by atoms with Gasteiger partial charge in [0, 0.05) is 0 Å². The van der Waals surface area contributed by atoms with Crippen molar-refractivity contribution in [2.75, 3.05) is 0 Å². The molecule has 0 saturated carbocycles. The second kappa shape index (κ2) is 9.14. The number of hydrogen-bond donors (Lipinski definition) is 2. The lowest BCUT2D eigenvalue weighted by Crippen LogP contribution is -2.07. The molecule has 0 aromatic heterocycles. The van der Waals surface area contributed by atoms with Gasteiger partial charge in [0.15, 0.2) is 0 Å². The van der Waals surface area contributed by atoms with E-state index in [1.165, 1.54) is 0 Å². The van der Waals surface area contributed by atoms with Crippen LogP contribution < -0.4 is 0 Å². The van der Waals surface area contributed by atoms with Crippen LogP contribution in [0.5, 0.6) is 0 Å². The van der Waals surface area contributed by atoms with Crippen molar-refractivity contribution < 1.29 is 19.8 Å². The van der Waals surface area contributed by atoms with Crippen LogP contribution in [0, 0.1) is 0 Å². The molecule has 32 heavy (non-hydrogen) atoms. The molecule has 0 fully saturated rings. The summed E-state index contributed by atoms with van der Waals surface area (Å²) < 4.78 is 0. The molecule has 0 saturated heterocycles. The van der Waals surface area contributed by atoms with Gasteiger partial charge in [-0.05, 0) is 45.5 Å². The fourth-order valence-electron chi connectivity index (χ4n) is 3.85. The number of aromatic carboxylic acids is 2. The molecule has 0 radical (unpaired) electrons. The van der Waals surface area contributed by atoms with Gasteiger partial charge in [-0.2, -0.15) is 0 Å². The summed E-state index contributed by atoms with van der Waals surface area (Å²) in [5, 5.41) is 19.8. The van der Waals surface area contributed by atoms with E-state index in [0.717, 1.165) is 11.1 Å². The van der Waals surface area contributed by atoms with Crippen LogP contribution in [-0.4, -0.2) is 22.2 Å². The second-order valence-electron chi connectivity index (χ2n) is 7.18. The van der Waals surface area contributed by atoms with Crippen molar-refractivity contribution in [1.29, 1.82) is 0 Å². The number of rotatable bonds is 6. The Labute approximate surface area is 185 Å². The molecule has 156 valence electrons. The van der Waals surface area contributed by atoms with Crippen LogP contribution >= 0.6 is 0 Å². The first-order valence-electron chi connectivity index (χ1n) is 10.1. The van der Waals surface area contributed by atoms with Crippen molar-refractivity contribution >= 4 is 23.1 Å². The molecule has 0 aliphatic rings. The molecule has 0 unspecified atom stereocenters. The average Bonchev–Trinajstić information content (AvgIpc) is 2.83. The highest BCUT2D eigenvalue weighted by atomic mass is 16.4. The number of carbonyl (C=O) groups is 2. The zero-order chi connectivity index (χ0) is 22.5. The lowest BCUT2D eigenvalue weighted by molar-refractivity contribution is 0.0685. The van der Waals surface area contributed by atoms with Crippen molar-refractivity contribution in [1.82, 2.24) is 0 Å². The summed E-state index contributed by atoms with van der Waals surface area (Å²) >= 11 is 0. The van der Waals surface area contributed by atoms with Gasteiger partial charge in [-0.3, -0.25) is 0 Å². The Morgan fingerprint density at radius 1 is 0.406 bits per heavy atom. The van der Waals surface area contributed by atoms with Gasteiger partial charge in [-0.1, -0.05) is 97.1 Å². The van der Waals surface area contributed by atoms with E-state index in [1.54, 1.807) is 48.5 Å². The maximum atomic E-state index is 12.1. The Bertz CT molecular complexity index is 1200. The predicted molar refractivity (Wildman–Crippen MR) is 125 cm³/mol. The summed E-state index contributed by atoms with van der Waals surface area (Å²) in [6, 6.07) is 32.5. The Hall–Kier alpha value is -4.44. The van der Waals surface area contributed by atoms with Gasteiger partial charge in [0.2, 0.25) is 0 Å². The molecular weight excluding hydrogens is 400 g/mol. The number of hydrogen-bond acceptors (Lipinski definition) is 2. The van der Waals surface area contributed by atoms with Gasteiger partial charge < -0.3 is 10.2 Å². The van der Waals surface area contributed by atoms with Crippen molar-refractivity contribution in [3.8, 4) is 0 Å². The third-order valence-corrected chi connectivity index (χ3v) is 5.23. The molecule has 2 N–H and O–H groups in total. The summed E-state index contributed by atoms with van der Waals surface area (Å²) in [6.45, 7) is 0. The lowest BCUT2D eigenvalue weighted by Gasteiger charge is -2.20. The molecular formula is C28H20O4. The smallest absolute Gasteiger partial charge is 0.336 e. The van der Waals surface area contributed by atoms with Crippen molar-refractivity contribution in [2.45, 2.75) is 0 Å². The van der Waals surface area contributed by atoms with Crippen LogP contribution in [0.1, 0.15) is 43.0 Å². The number of carboxylic acid groups (broad SMARTS) is 2. The highest BCUT2D eigenvalue weighted by Gasteiger charge is 2.23. The van der Waals surface area contributed by atoms with Crippen LogP contribution in [0.4, 0.5) is 0 Å². The number of benzene rings is 4. The lowest BCUT2D eigenvalue weighted by atomic mass is 9.83. The fourth-order valence-corrected chi connectivity index (χ4v) is 3.85. The van der Waals surface area contributed by atoms with Crippen molar-refractivity contribution in [3.05, 3.63) is 143 Å². The first kappa shape index (κ1) is 20.8. The molecule has 0 aliphatic carbocycles. The minimum atomic E-state index is -1.05. The van der Waals surface area contributed by atoms with Crippen LogP contribution in [0.2, 0.25) is 0 Å². The summed E-state index contributed by atoms with van der Waals surface area (Å²) in [6.07, 6.45) is 0. The highest BCUT2D eigenvalue weighted by molar-refractivity contribution is 6.11.